The summed E-state index contributed by atoms with van der Waals surface area (Å²) < 4.78 is 2.56. The average Bonchev–Trinajstić information content (AvgIpc) is 3.39. The fraction of sp³-hybridized carbons (Fsp3) is 0.381. The number of fused-ring (bicyclic) bond motifs is 1. The zero-order chi connectivity index (χ0) is 20.9. The summed E-state index contributed by atoms with van der Waals surface area (Å²) in [5, 5.41) is 25.9. The van der Waals surface area contributed by atoms with Gasteiger partial charge in [-0.2, -0.15) is 5.10 Å². The fourth-order valence-electron chi connectivity index (χ4n) is 4.11. The molecule has 0 bridgehead atoms. The molecule has 7 nitrogen and oxygen atoms in total. The van der Waals surface area contributed by atoms with Crippen molar-refractivity contribution in [3.05, 3.63) is 45.9 Å². The Morgan fingerprint density at radius 1 is 1.27 bits per heavy atom. The summed E-state index contributed by atoms with van der Waals surface area (Å²) in [7, 11) is 0. The number of aliphatic hydroxyl groups is 1. The van der Waals surface area contributed by atoms with Crippen LogP contribution >= 0.6 is 27.3 Å². The lowest BCUT2D eigenvalue weighted by Crippen LogP contribution is -2.19. The van der Waals surface area contributed by atoms with Gasteiger partial charge in [0.25, 0.3) is 0 Å². The summed E-state index contributed by atoms with van der Waals surface area (Å²) in [6, 6.07) is 8.08. The topological polar surface area (TPSA) is 89.6 Å². The monoisotopic (exact) mass is 484 g/mol. The average molecular weight is 485 g/mol. The Balaban J connectivity index is 1.46. The van der Waals surface area contributed by atoms with Crippen molar-refractivity contribution in [2.45, 2.75) is 45.1 Å². The molecule has 3 heterocycles. The Kier molecular flexibility index (Phi) is 4.91. The van der Waals surface area contributed by atoms with Crippen LogP contribution in [0.15, 0.2) is 35.1 Å². The van der Waals surface area contributed by atoms with Crippen LogP contribution in [0.3, 0.4) is 0 Å². The van der Waals surface area contributed by atoms with Crippen LogP contribution in [-0.2, 0) is 6.42 Å². The first-order valence-corrected chi connectivity index (χ1v) is 11.5. The Hall–Kier alpha value is -2.23. The Morgan fingerprint density at radius 3 is 2.73 bits per heavy atom. The predicted molar refractivity (Wildman–Crippen MR) is 120 cm³/mol. The van der Waals surface area contributed by atoms with E-state index in [2.05, 4.69) is 36.2 Å². The van der Waals surface area contributed by atoms with E-state index in [4.69, 9.17) is 4.98 Å². The van der Waals surface area contributed by atoms with Gasteiger partial charge in [-0.3, -0.25) is 0 Å². The summed E-state index contributed by atoms with van der Waals surface area (Å²) in [5.74, 6) is 1.20. The molecule has 0 amide bonds. The van der Waals surface area contributed by atoms with Crippen LogP contribution in [0.5, 0.6) is 0 Å². The molecule has 0 radical (unpaired) electrons. The molecule has 1 aromatic carbocycles. The molecular formula is C21H21BrN6OS. The van der Waals surface area contributed by atoms with Gasteiger partial charge in [-0.05, 0) is 79.2 Å². The molecule has 0 unspecified atom stereocenters. The molecule has 5 rings (SSSR count). The summed E-state index contributed by atoms with van der Waals surface area (Å²) in [6.07, 6.45) is 5.23. The Bertz CT molecular complexity index is 1220. The molecule has 1 N–H and O–H groups in total. The van der Waals surface area contributed by atoms with E-state index in [1.807, 2.05) is 49.0 Å². The molecule has 4 aromatic rings. The van der Waals surface area contributed by atoms with Gasteiger partial charge in [-0.15, -0.1) is 10.2 Å². The second-order valence-electron chi connectivity index (χ2n) is 8.21. The van der Waals surface area contributed by atoms with Gasteiger partial charge in [0.2, 0.25) is 0 Å². The zero-order valence-electron chi connectivity index (χ0n) is 16.7. The van der Waals surface area contributed by atoms with Gasteiger partial charge in [-0.1, -0.05) is 11.3 Å². The SMILES string of the molecule is Cc1nnc(-c2ccc(-n3nc(Br)c4cnc(C[C@@H]5CC[C@@](C)(O)C5)nc43)cc2)s1. The fourth-order valence-corrected chi connectivity index (χ4v) is 5.25. The van der Waals surface area contributed by atoms with Crippen LogP contribution in [-0.4, -0.2) is 40.7 Å². The highest BCUT2D eigenvalue weighted by molar-refractivity contribution is 9.10. The van der Waals surface area contributed by atoms with Gasteiger partial charge >= 0.3 is 0 Å². The quantitative estimate of drug-likeness (QED) is 0.458. The van der Waals surface area contributed by atoms with Gasteiger partial charge in [-0.25, -0.2) is 14.6 Å². The molecule has 0 aliphatic heterocycles. The lowest BCUT2D eigenvalue weighted by Gasteiger charge is -2.15. The van der Waals surface area contributed by atoms with Crippen LogP contribution in [0.25, 0.3) is 27.3 Å². The third kappa shape index (κ3) is 3.77. The van der Waals surface area contributed by atoms with Crippen LogP contribution < -0.4 is 0 Å². The van der Waals surface area contributed by atoms with E-state index in [1.165, 1.54) is 0 Å². The summed E-state index contributed by atoms with van der Waals surface area (Å²) >= 11 is 5.11. The molecule has 0 saturated heterocycles. The number of rotatable bonds is 4. The van der Waals surface area contributed by atoms with Crippen molar-refractivity contribution in [2.75, 3.05) is 0 Å². The van der Waals surface area contributed by atoms with Crippen LogP contribution in [0.1, 0.15) is 37.0 Å². The molecule has 3 aromatic heterocycles. The molecule has 1 aliphatic carbocycles. The minimum Gasteiger partial charge on any atom is -0.390 e. The standard InChI is InChI=1S/C21H21BrN6OS/c1-12-25-26-20(30-12)14-3-5-15(6-4-14)28-19-16(18(22)27-28)11-23-17(24-19)9-13-7-8-21(2,29)10-13/h3-6,11,13,29H,7-10H2,1-2H3/t13-,21+/m0/s1. The number of nitrogens with zero attached hydrogens (tertiary/aromatic N) is 6. The highest BCUT2D eigenvalue weighted by atomic mass is 79.9. The summed E-state index contributed by atoms with van der Waals surface area (Å²) in [4.78, 5) is 9.38. The second kappa shape index (κ2) is 7.47. The smallest absolute Gasteiger partial charge is 0.167 e. The maximum atomic E-state index is 10.2. The summed E-state index contributed by atoms with van der Waals surface area (Å²) in [6.45, 7) is 3.86. The van der Waals surface area contributed by atoms with Gasteiger partial charge in [0.1, 0.15) is 20.4 Å². The number of halogens is 1. The van der Waals surface area contributed by atoms with Gasteiger partial charge in [0.15, 0.2) is 5.65 Å². The highest BCUT2D eigenvalue weighted by Gasteiger charge is 2.33. The highest BCUT2D eigenvalue weighted by Crippen LogP contribution is 2.36. The Morgan fingerprint density at radius 2 is 2.07 bits per heavy atom. The van der Waals surface area contributed by atoms with Crippen molar-refractivity contribution >= 4 is 38.3 Å². The van der Waals surface area contributed by atoms with Crippen molar-refractivity contribution < 1.29 is 5.11 Å². The van der Waals surface area contributed by atoms with Crippen molar-refractivity contribution in [3.8, 4) is 16.3 Å². The molecule has 1 fully saturated rings. The first-order chi connectivity index (χ1) is 14.4. The van der Waals surface area contributed by atoms with E-state index < -0.39 is 5.60 Å². The third-order valence-electron chi connectivity index (χ3n) is 5.60. The van der Waals surface area contributed by atoms with E-state index in [1.54, 1.807) is 11.3 Å². The maximum Gasteiger partial charge on any atom is 0.167 e. The van der Waals surface area contributed by atoms with Crippen LogP contribution in [0, 0.1) is 12.8 Å². The first kappa shape index (κ1) is 19.7. The number of aryl methyl sites for hydroxylation is 1. The lowest BCUT2D eigenvalue weighted by molar-refractivity contribution is 0.0635. The molecule has 154 valence electrons. The second-order valence-corrected chi connectivity index (χ2v) is 10.1. The molecule has 1 aliphatic rings. The molecule has 9 heteroatoms. The van der Waals surface area contributed by atoms with E-state index in [-0.39, 0.29) is 0 Å². The number of aromatic nitrogens is 6. The minimum atomic E-state index is -0.563. The van der Waals surface area contributed by atoms with Gasteiger partial charge in [0.05, 0.1) is 16.7 Å². The van der Waals surface area contributed by atoms with Gasteiger partial charge < -0.3 is 5.11 Å². The predicted octanol–water partition coefficient (Wildman–Crippen LogP) is 4.50. The number of benzene rings is 1. The normalized spacial score (nSPS) is 21.5. The van der Waals surface area contributed by atoms with E-state index >= 15 is 0 Å². The van der Waals surface area contributed by atoms with Crippen molar-refractivity contribution in [1.82, 2.24) is 29.9 Å². The first-order valence-electron chi connectivity index (χ1n) is 9.91. The molecule has 0 spiro atoms. The maximum absolute atomic E-state index is 10.2. The van der Waals surface area contributed by atoms with E-state index in [0.717, 1.165) is 68.4 Å². The molecule has 1 saturated carbocycles. The van der Waals surface area contributed by atoms with E-state index in [0.29, 0.717) is 5.92 Å². The van der Waals surface area contributed by atoms with Crippen LogP contribution in [0.4, 0.5) is 0 Å². The molecule has 2 atom stereocenters. The van der Waals surface area contributed by atoms with Crippen LogP contribution in [0.2, 0.25) is 0 Å². The third-order valence-corrected chi connectivity index (χ3v) is 7.08. The minimum absolute atomic E-state index is 0.409. The number of hydrogen-bond donors (Lipinski definition) is 1. The molecule has 30 heavy (non-hydrogen) atoms. The van der Waals surface area contributed by atoms with Crippen molar-refractivity contribution in [1.29, 1.82) is 0 Å². The molecular weight excluding hydrogens is 464 g/mol. The number of hydrogen-bond acceptors (Lipinski definition) is 7. The summed E-state index contributed by atoms with van der Waals surface area (Å²) in [5.41, 5.74) is 2.16. The largest absolute Gasteiger partial charge is 0.390 e. The van der Waals surface area contributed by atoms with Crippen molar-refractivity contribution in [3.63, 3.8) is 0 Å². The van der Waals surface area contributed by atoms with E-state index in [9.17, 15) is 5.11 Å². The zero-order valence-corrected chi connectivity index (χ0v) is 19.1. The lowest BCUT2D eigenvalue weighted by atomic mass is 10.00. The Labute approximate surface area is 186 Å². The van der Waals surface area contributed by atoms with Crippen molar-refractivity contribution in [2.24, 2.45) is 5.92 Å². The van der Waals surface area contributed by atoms with Gasteiger partial charge in [0, 0.05) is 18.2 Å².